The number of rotatable bonds is 2. The fourth-order valence-electron chi connectivity index (χ4n) is 0.315. The molecule has 0 aliphatic heterocycles. The fourth-order valence-corrected chi connectivity index (χ4v) is 0.505. The zero-order chi connectivity index (χ0) is 10.2. The van der Waals surface area contributed by atoms with E-state index in [0.29, 0.717) is 0 Å². The maximum atomic E-state index is 12.1. The highest BCUT2D eigenvalue weighted by molar-refractivity contribution is 6.49. The van der Waals surface area contributed by atoms with Crippen molar-refractivity contribution in [1.29, 1.82) is 0 Å². The number of hydrogen-bond donors (Lipinski definition) is 0. The first-order valence-corrected chi connectivity index (χ1v) is 3.23. The second-order valence-electron chi connectivity index (χ2n) is 1.86. The Morgan fingerprint density at radius 3 is 1.33 bits per heavy atom. The van der Waals surface area contributed by atoms with Crippen molar-refractivity contribution in [2.75, 3.05) is 0 Å². The second-order valence-corrected chi connectivity index (χ2v) is 3.24. The molecule has 0 aromatic carbocycles. The lowest BCUT2D eigenvalue weighted by atomic mass is 10.2. The van der Waals surface area contributed by atoms with Crippen molar-refractivity contribution >= 4 is 23.2 Å². The fraction of sp³-hybridized carbons (Fsp3) is 1.00. The predicted molar refractivity (Wildman–Crippen MR) is 31.4 cm³/mol. The standard InChI is InChI=1S/C4H2Cl2F6/c5-3(6,4(10,11)12)1(7)2(8)9/h1-2H. The molecular weight excluding hydrogens is 233 g/mol. The van der Waals surface area contributed by atoms with Crippen LogP contribution < -0.4 is 0 Å². The van der Waals surface area contributed by atoms with Gasteiger partial charge in [0.2, 0.25) is 10.5 Å². The lowest BCUT2D eigenvalue weighted by Crippen LogP contribution is -2.46. The first-order chi connectivity index (χ1) is 5.10. The van der Waals surface area contributed by atoms with Crippen molar-refractivity contribution in [3.63, 3.8) is 0 Å². The van der Waals surface area contributed by atoms with Gasteiger partial charge in [-0.25, -0.2) is 13.2 Å². The van der Waals surface area contributed by atoms with Gasteiger partial charge in [0.25, 0.3) is 6.43 Å². The van der Waals surface area contributed by atoms with Crippen molar-refractivity contribution in [1.82, 2.24) is 0 Å². The second kappa shape index (κ2) is 3.49. The topological polar surface area (TPSA) is 0 Å². The van der Waals surface area contributed by atoms with E-state index in [1.165, 1.54) is 0 Å². The van der Waals surface area contributed by atoms with E-state index in [0.717, 1.165) is 0 Å². The zero-order valence-electron chi connectivity index (χ0n) is 5.18. The van der Waals surface area contributed by atoms with Crippen molar-refractivity contribution in [3.8, 4) is 0 Å². The van der Waals surface area contributed by atoms with Crippen LogP contribution in [0.1, 0.15) is 0 Å². The minimum absolute atomic E-state index is 3.65. The van der Waals surface area contributed by atoms with Gasteiger partial charge in [0.1, 0.15) is 0 Å². The van der Waals surface area contributed by atoms with Crippen LogP contribution in [0.2, 0.25) is 0 Å². The maximum Gasteiger partial charge on any atom is 0.424 e. The zero-order valence-corrected chi connectivity index (χ0v) is 6.69. The molecule has 8 heteroatoms. The first kappa shape index (κ1) is 12.2. The molecule has 0 heterocycles. The van der Waals surface area contributed by atoms with Crippen molar-refractivity contribution < 1.29 is 26.3 Å². The Morgan fingerprint density at radius 2 is 1.25 bits per heavy atom. The normalized spacial score (nSPS) is 16.8. The summed E-state index contributed by atoms with van der Waals surface area (Å²) in [6.07, 6.45) is -13.0. The molecule has 0 spiro atoms. The smallest absolute Gasteiger partial charge is 0.237 e. The van der Waals surface area contributed by atoms with Crippen molar-refractivity contribution in [2.24, 2.45) is 0 Å². The molecule has 0 aliphatic carbocycles. The Kier molecular flexibility index (Phi) is 3.54. The van der Waals surface area contributed by atoms with Crippen LogP contribution in [0.5, 0.6) is 0 Å². The summed E-state index contributed by atoms with van der Waals surface area (Å²) in [7, 11) is 0. The van der Waals surface area contributed by atoms with Gasteiger partial charge in [-0.05, 0) is 0 Å². The summed E-state index contributed by atoms with van der Waals surface area (Å²) < 4.78 is 65.7. The van der Waals surface area contributed by atoms with E-state index in [2.05, 4.69) is 23.2 Å². The summed E-state index contributed by atoms with van der Waals surface area (Å²) in [4.78, 5) is 0. The SMILES string of the molecule is FC(F)C(F)C(Cl)(Cl)C(F)(F)F. The average Bonchev–Trinajstić information content (AvgIpc) is 1.83. The molecule has 0 bridgehead atoms. The molecule has 0 N–H and O–H groups in total. The Bertz CT molecular complexity index is 152. The number of hydrogen-bond acceptors (Lipinski definition) is 0. The van der Waals surface area contributed by atoms with Gasteiger partial charge in [-0.3, -0.25) is 0 Å². The average molecular weight is 235 g/mol. The minimum Gasteiger partial charge on any atom is -0.237 e. The Labute approximate surface area is 73.4 Å². The molecule has 0 aliphatic rings. The van der Waals surface area contributed by atoms with Crippen LogP contribution in [-0.2, 0) is 0 Å². The molecule has 1 atom stereocenters. The first-order valence-electron chi connectivity index (χ1n) is 2.47. The third-order valence-corrected chi connectivity index (χ3v) is 1.79. The van der Waals surface area contributed by atoms with Crippen LogP contribution in [-0.4, -0.2) is 23.1 Å². The van der Waals surface area contributed by atoms with Gasteiger partial charge in [0.05, 0.1) is 0 Å². The Hall–Kier alpha value is 0.160. The highest BCUT2D eigenvalue weighted by Crippen LogP contribution is 2.45. The van der Waals surface area contributed by atoms with E-state index in [4.69, 9.17) is 0 Å². The molecular formula is C4H2Cl2F6. The Balaban J connectivity index is 4.61. The molecule has 74 valence electrons. The Morgan fingerprint density at radius 1 is 0.917 bits per heavy atom. The summed E-state index contributed by atoms with van der Waals surface area (Å²) in [5, 5.41) is 0. The summed E-state index contributed by atoms with van der Waals surface area (Å²) in [6, 6.07) is 0. The maximum absolute atomic E-state index is 12.1. The molecule has 0 aromatic heterocycles. The van der Waals surface area contributed by atoms with E-state index in [-0.39, 0.29) is 0 Å². The summed E-state index contributed by atoms with van der Waals surface area (Å²) >= 11 is 8.69. The van der Waals surface area contributed by atoms with E-state index in [1.54, 1.807) is 0 Å². The number of alkyl halides is 8. The molecule has 0 aromatic rings. The quantitative estimate of drug-likeness (QED) is 0.508. The molecule has 0 amide bonds. The lowest BCUT2D eigenvalue weighted by Gasteiger charge is -2.25. The van der Waals surface area contributed by atoms with Gasteiger partial charge >= 0.3 is 6.18 Å². The van der Waals surface area contributed by atoms with Crippen molar-refractivity contribution in [3.05, 3.63) is 0 Å². The molecule has 0 saturated carbocycles. The minimum atomic E-state index is -5.42. The van der Waals surface area contributed by atoms with E-state index >= 15 is 0 Å². The van der Waals surface area contributed by atoms with Crippen molar-refractivity contribution in [2.45, 2.75) is 23.1 Å². The molecule has 1 unspecified atom stereocenters. The molecule has 0 radical (unpaired) electrons. The van der Waals surface area contributed by atoms with E-state index in [1.807, 2.05) is 0 Å². The van der Waals surface area contributed by atoms with Crippen LogP contribution in [0, 0.1) is 0 Å². The van der Waals surface area contributed by atoms with E-state index in [9.17, 15) is 26.3 Å². The summed E-state index contributed by atoms with van der Waals surface area (Å²) in [6.45, 7) is 0. The van der Waals surface area contributed by atoms with Crippen LogP contribution in [0.4, 0.5) is 26.3 Å². The predicted octanol–water partition coefficient (Wildman–Crippen LogP) is 3.33. The third-order valence-electron chi connectivity index (χ3n) is 0.946. The van der Waals surface area contributed by atoms with Gasteiger partial charge in [0, 0.05) is 0 Å². The van der Waals surface area contributed by atoms with E-state index < -0.39 is 23.1 Å². The van der Waals surface area contributed by atoms with Crippen LogP contribution in [0.3, 0.4) is 0 Å². The molecule has 0 nitrogen and oxygen atoms in total. The van der Waals surface area contributed by atoms with Gasteiger partial charge in [0.15, 0.2) is 0 Å². The van der Waals surface area contributed by atoms with Gasteiger partial charge in [-0.15, -0.1) is 0 Å². The highest BCUT2D eigenvalue weighted by atomic mass is 35.5. The third kappa shape index (κ3) is 2.32. The highest BCUT2D eigenvalue weighted by Gasteiger charge is 2.61. The van der Waals surface area contributed by atoms with Gasteiger partial charge in [-0.2, -0.15) is 13.2 Å². The molecule has 0 rings (SSSR count). The largest absolute Gasteiger partial charge is 0.424 e. The molecule has 0 saturated heterocycles. The van der Waals surface area contributed by atoms with Crippen LogP contribution in [0.25, 0.3) is 0 Å². The monoisotopic (exact) mass is 234 g/mol. The van der Waals surface area contributed by atoms with Crippen LogP contribution >= 0.6 is 23.2 Å². The molecule has 0 fully saturated rings. The summed E-state index contributed by atoms with van der Waals surface area (Å²) in [5.41, 5.74) is 0. The number of halogens is 8. The van der Waals surface area contributed by atoms with Gasteiger partial charge in [-0.1, -0.05) is 23.2 Å². The van der Waals surface area contributed by atoms with Crippen LogP contribution in [0.15, 0.2) is 0 Å². The lowest BCUT2D eigenvalue weighted by molar-refractivity contribution is -0.166. The van der Waals surface area contributed by atoms with Gasteiger partial charge < -0.3 is 0 Å². The summed E-state index contributed by atoms with van der Waals surface area (Å²) in [5.74, 6) is 0. The molecule has 12 heavy (non-hydrogen) atoms.